The molecule has 2 N–H and O–H groups in total. The summed E-state index contributed by atoms with van der Waals surface area (Å²) in [7, 11) is -3.46. The van der Waals surface area contributed by atoms with Gasteiger partial charge in [0.05, 0.1) is 4.90 Å². The van der Waals surface area contributed by atoms with Gasteiger partial charge in [-0.1, -0.05) is 0 Å². The van der Waals surface area contributed by atoms with Crippen LogP contribution in [0.25, 0.3) is 0 Å². The average Bonchev–Trinajstić information content (AvgIpc) is 2.35. The van der Waals surface area contributed by atoms with E-state index >= 15 is 0 Å². The van der Waals surface area contributed by atoms with Crippen molar-refractivity contribution in [1.29, 1.82) is 0 Å². The van der Waals surface area contributed by atoms with E-state index in [0.717, 1.165) is 31.5 Å². The molecule has 1 aliphatic carbocycles. The molecule has 0 aliphatic heterocycles. The summed E-state index contributed by atoms with van der Waals surface area (Å²) in [5, 5.41) is 0. The van der Waals surface area contributed by atoms with Gasteiger partial charge < -0.3 is 10.6 Å². The molecule has 1 aliphatic rings. The molecule has 1 aromatic rings. The van der Waals surface area contributed by atoms with E-state index < -0.39 is 20.2 Å². The van der Waals surface area contributed by atoms with Gasteiger partial charge in [-0.2, -0.15) is 13.2 Å². The normalized spacial score (nSPS) is 22.7. The fourth-order valence-electron chi connectivity index (χ4n) is 2.44. The van der Waals surface area contributed by atoms with Gasteiger partial charge in [-0.05, 0) is 43.0 Å². The van der Waals surface area contributed by atoms with Crippen molar-refractivity contribution in [2.24, 2.45) is 11.7 Å². The Labute approximate surface area is 121 Å². The molecule has 0 saturated heterocycles. The van der Waals surface area contributed by atoms with Crippen molar-refractivity contribution >= 4 is 15.5 Å². The van der Waals surface area contributed by atoms with E-state index in [0.29, 0.717) is 11.6 Å². The molecule has 0 aromatic heterocycles. The topological polar surface area (TPSA) is 63.4 Å². The SMILES string of the molecule is CN(CC1CC(N)C1)c1ccc(S(=O)(=O)C(F)(F)F)cc1. The van der Waals surface area contributed by atoms with Crippen LogP contribution in [0.15, 0.2) is 29.2 Å². The second-order valence-corrected chi connectivity index (χ2v) is 7.36. The Hall–Kier alpha value is -1.28. The minimum Gasteiger partial charge on any atom is -0.374 e. The quantitative estimate of drug-likeness (QED) is 0.922. The minimum atomic E-state index is -5.28. The summed E-state index contributed by atoms with van der Waals surface area (Å²) in [5.41, 5.74) is 1.10. The molecule has 0 spiro atoms. The first-order valence-corrected chi connectivity index (χ1v) is 7.97. The monoisotopic (exact) mass is 322 g/mol. The van der Waals surface area contributed by atoms with Gasteiger partial charge in [0.2, 0.25) is 0 Å². The summed E-state index contributed by atoms with van der Waals surface area (Å²) in [6, 6.07) is 4.99. The first-order valence-electron chi connectivity index (χ1n) is 6.49. The number of nitrogens with zero attached hydrogens (tertiary/aromatic N) is 1. The Morgan fingerprint density at radius 3 is 2.19 bits per heavy atom. The zero-order valence-electron chi connectivity index (χ0n) is 11.5. The van der Waals surface area contributed by atoms with Gasteiger partial charge in [0.25, 0.3) is 9.84 Å². The molecule has 8 heteroatoms. The number of anilines is 1. The lowest BCUT2D eigenvalue weighted by atomic mass is 9.80. The third-order valence-electron chi connectivity index (χ3n) is 3.70. The number of hydrogen-bond donors (Lipinski definition) is 1. The summed E-state index contributed by atoms with van der Waals surface area (Å²) in [5.74, 6) is 0.476. The molecule has 0 heterocycles. The van der Waals surface area contributed by atoms with Gasteiger partial charge in [0.15, 0.2) is 0 Å². The van der Waals surface area contributed by atoms with Crippen LogP contribution < -0.4 is 10.6 Å². The van der Waals surface area contributed by atoms with Crippen molar-refractivity contribution in [2.75, 3.05) is 18.5 Å². The molecule has 2 rings (SSSR count). The van der Waals surface area contributed by atoms with Crippen molar-refractivity contribution in [3.8, 4) is 0 Å². The molecule has 0 amide bonds. The maximum atomic E-state index is 12.4. The van der Waals surface area contributed by atoms with Crippen LogP contribution >= 0.6 is 0 Å². The van der Waals surface area contributed by atoms with E-state index in [1.54, 1.807) is 0 Å². The summed E-state index contributed by atoms with van der Waals surface area (Å²) in [6.07, 6.45) is 1.87. The van der Waals surface area contributed by atoms with Gasteiger partial charge in [-0.3, -0.25) is 0 Å². The molecule has 0 atom stereocenters. The van der Waals surface area contributed by atoms with Crippen molar-refractivity contribution < 1.29 is 21.6 Å². The lowest BCUT2D eigenvalue weighted by Gasteiger charge is -2.36. The van der Waals surface area contributed by atoms with Crippen molar-refractivity contribution in [3.63, 3.8) is 0 Å². The second kappa shape index (κ2) is 5.49. The Balaban J connectivity index is 2.08. The second-order valence-electron chi connectivity index (χ2n) is 5.42. The summed E-state index contributed by atoms with van der Waals surface area (Å²) in [6.45, 7) is 0.749. The standard InChI is InChI=1S/C13H17F3N2O2S/c1-18(8-9-6-10(17)7-9)11-2-4-12(5-3-11)21(19,20)13(14,15)16/h2-5,9-10H,6-8,17H2,1H3. The number of halogens is 3. The molecule has 1 aromatic carbocycles. The number of sulfone groups is 1. The van der Waals surface area contributed by atoms with Gasteiger partial charge in [0, 0.05) is 25.3 Å². The van der Waals surface area contributed by atoms with Crippen LogP contribution in [0.1, 0.15) is 12.8 Å². The molecule has 4 nitrogen and oxygen atoms in total. The van der Waals surface area contributed by atoms with Gasteiger partial charge in [0.1, 0.15) is 0 Å². The highest BCUT2D eigenvalue weighted by atomic mass is 32.2. The third kappa shape index (κ3) is 3.32. The van der Waals surface area contributed by atoms with Crippen LogP contribution in [0.5, 0.6) is 0 Å². The van der Waals surface area contributed by atoms with Crippen LogP contribution in [-0.4, -0.2) is 33.6 Å². The molecular formula is C13H17F3N2O2S. The first-order chi connectivity index (χ1) is 9.61. The Morgan fingerprint density at radius 1 is 1.24 bits per heavy atom. The van der Waals surface area contributed by atoms with E-state index in [-0.39, 0.29) is 6.04 Å². The highest BCUT2D eigenvalue weighted by molar-refractivity contribution is 7.92. The van der Waals surface area contributed by atoms with Crippen molar-refractivity contribution in [2.45, 2.75) is 29.3 Å². The number of hydrogen-bond acceptors (Lipinski definition) is 4. The van der Waals surface area contributed by atoms with Crippen LogP contribution in [-0.2, 0) is 9.84 Å². The van der Waals surface area contributed by atoms with Crippen LogP contribution in [0.4, 0.5) is 18.9 Å². The predicted molar refractivity (Wildman–Crippen MR) is 73.7 cm³/mol. The van der Waals surface area contributed by atoms with Gasteiger partial charge >= 0.3 is 5.51 Å². The molecule has 1 fully saturated rings. The smallest absolute Gasteiger partial charge is 0.374 e. The number of rotatable bonds is 4. The Bertz CT molecular complexity index is 593. The first kappa shape index (κ1) is 16.1. The molecule has 0 bridgehead atoms. The fourth-order valence-corrected chi connectivity index (χ4v) is 3.20. The Morgan fingerprint density at radius 2 is 1.76 bits per heavy atom. The van der Waals surface area contributed by atoms with Crippen LogP contribution in [0.3, 0.4) is 0 Å². The highest BCUT2D eigenvalue weighted by Gasteiger charge is 2.46. The molecular weight excluding hydrogens is 305 g/mol. The molecule has 1 saturated carbocycles. The van der Waals surface area contributed by atoms with Crippen molar-refractivity contribution in [3.05, 3.63) is 24.3 Å². The summed E-state index contributed by atoms with van der Waals surface area (Å²) >= 11 is 0. The summed E-state index contributed by atoms with van der Waals surface area (Å²) < 4.78 is 59.8. The number of nitrogens with two attached hydrogens (primary N) is 1. The number of benzene rings is 1. The maximum absolute atomic E-state index is 12.4. The van der Waals surface area contributed by atoms with E-state index in [2.05, 4.69) is 0 Å². The van der Waals surface area contributed by atoms with Gasteiger partial charge in [-0.25, -0.2) is 8.42 Å². The molecule has 118 valence electrons. The Kier molecular flexibility index (Phi) is 4.21. The largest absolute Gasteiger partial charge is 0.501 e. The van der Waals surface area contributed by atoms with E-state index in [1.165, 1.54) is 12.1 Å². The average molecular weight is 322 g/mol. The van der Waals surface area contributed by atoms with E-state index in [4.69, 9.17) is 5.73 Å². The molecule has 0 radical (unpaired) electrons. The number of alkyl halides is 3. The zero-order valence-corrected chi connectivity index (χ0v) is 12.3. The minimum absolute atomic E-state index is 0.239. The van der Waals surface area contributed by atoms with Gasteiger partial charge in [-0.15, -0.1) is 0 Å². The third-order valence-corrected chi connectivity index (χ3v) is 5.20. The molecule has 0 unspecified atom stereocenters. The van der Waals surface area contributed by atoms with E-state index in [9.17, 15) is 21.6 Å². The van der Waals surface area contributed by atoms with Crippen LogP contribution in [0.2, 0.25) is 0 Å². The predicted octanol–water partition coefficient (Wildman–Crippen LogP) is 2.15. The maximum Gasteiger partial charge on any atom is 0.501 e. The van der Waals surface area contributed by atoms with Crippen LogP contribution in [0, 0.1) is 5.92 Å². The van der Waals surface area contributed by atoms with E-state index in [1.807, 2.05) is 11.9 Å². The van der Waals surface area contributed by atoms with Crippen molar-refractivity contribution in [1.82, 2.24) is 0 Å². The lowest BCUT2D eigenvalue weighted by molar-refractivity contribution is -0.0436. The zero-order chi connectivity index (χ0) is 15.8. The lowest BCUT2D eigenvalue weighted by Crippen LogP contribution is -2.41. The summed E-state index contributed by atoms with van der Waals surface area (Å²) in [4.78, 5) is 1.15. The molecule has 21 heavy (non-hydrogen) atoms. The highest BCUT2D eigenvalue weighted by Crippen LogP contribution is 2.32. The fraction of sp³-hybridized carbons (Fsp3) is 0.538.